The third kappa shape index (κ3) is 9.14. The molecule has 4 heterocycles. The fraction of sp³-hybridized carbons (Fsp3) is 0.537. The van der Waals surface area contributed by atoms with E-state index in [9.17, 15) is 33.6 Å². The molecular formula is C41H53N7O8. The van der Waals surface area contributed by atoms with Gasteiger partial charge in [0.25, 0.3) is 0 Å². The molecule has 2 aromatic carbocycles. The Balaban J connectivity index is 1.34. The lowest BCUT2D eigenvalue weighted by Gasteiger charge is -2.39. The third-order valence-corrected chi connectivity index (χ3v) is 11.2. The van der Waals surface area contributed by atoms with Crippen molar-refractivity contribution in [2.24, 2.45) is 11.8 Å². The zero-order chi connectivity index (χ0) is 40.1. The van der Waals surface area contributed by atoms with Crippen LogP contribution in [0, 0.1) is 11.8 Å². The number of cyclic esters (lactones) is 1. The van der Waals surface area contributed by atoms with Crippen LogP contribution in [0.5, 0.6) is 0 Å². The van der Waals surface area contributed by atoms with E-state index in [0.717, 1.165) is 5.56 Å². The van der Waals surface area contributed by atoms with Crippen LogP contribution in [0.2, 0.25) is 0 Å². The number of para-hydroxylation sites is 1. The predicted octanol–water partition coefficient (Wildman–Crippen LogP) is 2.21. The van der Waals surface area contributed by atoms with Gasteiger partial charge in [-0.2, -0.15) is 0 Å². The molecule has 15 heteroatoms. The smallest absolute Gasteiger partial charge is 0.329 e. The molecule has 6 rings (SSSR count). The average Bonchev–Trinajstić information content (AvgIpc) is 3.78. The van der Waals surface area contributed by atoms with Gasteiger partial charge in [0.1, 0.15) is 42.4 Å². The Bertz CT molecular complexity index is 1790. The van der Waals surface area contributed by atoms with Gasteiger partial charge in [-0.15, -0.1) is 0 Å². The molecule has 4 fully saturated rings. The summed E-state index contributed by atoms with van der Waals surface area (Å²) < 4.78 is 5.97. The van der Waals surface area contributed by atoms with Gasteiger partial charge in [-0.3, -0.25) is 24.0 Å². The first-order valence-electron chi connectivity index (χ1n) is 19.7. The van der Waals surface area contributed by atoms with Crippen molar-refractivity contribution in [3.8, 4) is 0 Å². The Kier molecular flexibility index (Phi) is 12.6. The molecule has 2 aromatic rings. The van der Waals surface area contributed by atoms with Crippen molar-refractivity contribution in [2.45, 2.75) is 109 Å². The first-order valence-corrected chi connectivity index (χ1v) is 19.7. The molecule has 0 radical (unpaired) electrons. The maximum Gasteiger partial charge on any atom is 0.329 e. The van der Waals surface area contributed by atoms with Crippen molar-refractivity contribution >= 4 is 47.2 Å². The number of fused-ring (bicyclic) bond motifs is 3. The van der Waals surface area contributed by atoms with Crippen molar-refractivity contribution < 1.29 is 38.3 Å². The second-order valence-corrected chi connectivity index (χ2v) is 15.8. The Morgan fingerprint density at radius 1 is 0.768 bits per heavy atom. The summed E-state index contributed by atoms with van der Waals surface area (Å²) in [5.41, 5.74) is 1.25. The van der Waals surface area contributed by atoms with Crippen LogP contribution in [0.25, 0.3) is 0 Å². The highest BCUT2D eigenvalue weighted by molar-refractivity contribution is 5.99. The van der Waals surface area contributed by atoms with Gasteiger partial charge >= 0.3 is 12.0 Å². The molecule has 0 aliphatic carbocycles. The van der Waals surface area contributed by atoms with Gasteiger partial charge in [0.15, 0.2) is 0 Å². The third-order valence-electron chi connectivity index (χ3n) is 11.2. The van der Waals surface area contributed by atoms with E-state index in [1.807, 2.05) is 44.2 Å². The lowest BCUT2D eigenvalue weighted by Crippen LogP contribution is -2.63. The number of carbonyl (C=O) groups excluding carboxylic acids is 7. The summed E-state index contributed by atoms with van der Waals surface area (Å²) in [6.45, 7) is 7.64. The van der Waals surface area contributed by atoms with Crippen LogP contribution in [0.1, 0.15) is 65.4 Å². The minimum Gasteiger partial charge on any atom is -0.458 e. The van der Waals surface area contributed by atoms with E-state index in [1.54, 1.807) is 37.3 Å². The van der Waals surface area contributed by atoms with Crippen LogP contribution >= 0.6 is 0 Å². The van der Waals surface area contributed by atoms with Gasteiger partial charge in [0.2, 0.25) is 29.5 Å². The normalized spacial score (nSPS) is 29.4. The topological polar surface area (TPSA) is 187 Å². The van der Waals surface area contributed by atoms with Crippen LogP contribution in [0.3, 0.4) is 0 Å². The van der Waals surface area contributed by atoms with Crippen LogP contribution in [0.15, 0.2) is 60.7 Å². The minimum absolute atomic E-state index is 0.0564. The molecule has 4 aliphatic rings. The molecule has 4 N–H and O–H groups in total. The van der Waals surface area contributed by atoms with Crippen LogP contribution in [0.4, 0.5) is 10.5 Å². The summed E-state index contributed by atoms with van der Waals surface area (Å²) in [5.74, 6) is -3.57. The summed E-state index contributed by atoms with van der Waals surface area (Å²) in [5, 5.41) is 11.1. The number of rotatable bonds is 6. The number of piperidine rings is 1. The van der Waals surface area contributed by atoms with E-state index in [0.29, 0.717) is 44.3 Å². The highest BCUT2D eigenvalue weighted by Gasteiger charge is 2.48. The second-order valence-electron chi connectivity index (χ2n) is 15.8. The summed E-state index contributed by atoms with van der Waals surface area (Å²) in [6, 6.07) is 10.7. The first-order chi connectivity index (χ1) is 26.8. The van der Waals surface area contributed by atoms with Crippen molar-refractivity contribution in [2.75, 3.05) is 25.0 Å². The lowest BCUT2D eigenvalue weighted by molar-refractivity contribution is -0.163. The zero-order valence-corrected chi connectivity index (χ0v) is 32.4. The number of nitrogens with zero attached hydrogens (tertiary/aromatic N) is 3. The average molecular weight is 772 g/mol. The largest absolute Gasteiger partial charge is 0.458 e. The highest BCUT2D eigenvalue weighted by Crippen LogP contribution is 2.30. The summed E-state index contributed by atoms with van der Waals surface area (Å²) in [6.07, 6.45) is 1.23. The van der Waals surface area contributed by atoms with E-state index in [2.05, 4.69) is 21.3 Å². The molecule has 0 aromatic heterocycles. The van der Waals surface area contributed by atoms with Gasteiger partial charge in [0, 0.05) is 31.7 Å². The fourth-order valence-electron chi connectivity index (χ4n) is 8.36. The van der Waals surface area contributed by atoms with Crippen molar-refractivity contribution in [3.05, 3.63) is 66.2 Å². The molecule has 9 unspecified atom stereocenters. The minimum atomic E-state index is -1.47. The molecule has 0 saturated carbocycles. The van der Waals surface area contributed by atoms with Gasteiger partial charge in [-0.25, -0.2) is 9.59 Å². The quantitative estimate of drug-likeness (QED) is 0.322. The number of anilines is 1. The fourth-order valence-corrected chi connectivity index (χ4v) is 8.36. The van der Waals surface area contributed by atoms with Crippen LogP contribution in [-0.4, -0.2) is 118 Å². The van der Waals surface area contributed by atoms with Crippen molar-refractivity contribution in [1.29, 1.82) is 0 Å². The highest BCUT2D eigenvalue weighted by atomic mass is 16.5. The Morgan fingerprint density at radius 2 is 1.39 bits per heavy atom. The molecule has 4 saturated heterocycles. The van der Waals surface area contributed by atoms with Crippen LogP contribution < -0.4 is 21.3 Å². The monoisotopic (exact) mass is 771 g/mol. The molecule has 4 aliphatic heterocycles. The van der Waals surface area contributed by atoms with E-state index in [-0.39, 0.29) is 31.3 Å². The number of ether oxygens (including phenoxy) is 1. The number of nitrogens with one attached hydrogen (secondary N) is 4. The summed E-state index contributed by atoms with van der Waals surface area (Å²) >= 11 is 0. The van der Waals surface area contributed by atoms with Gasteiger partial charge in [-0.05, 0) is 75.5 Å². The van der Waals surface area contributed by atoms with Crippen LogP contribution in [-0.2, 0) is 39.9 Å². The maximum absolute atomic E-state index is 14.8. The predicted molar refractivity (Wildman–Crippen MR) is 206 cm³/mol. The lowest BCUT2D eigenvalue weighted by atomic mass is 9.98. The van der Waals surface area contributed by atoms with Gasteiger partial charge < -0.3 is 40.7 Å². The number of hydrogen-bond donors (Lipinski definition) is 4. The van der Waals surface area contributed by atoms with Crippen molar-refractivity contribution in [3.63, 3.8) is 0 Å². The number of urea groups is 1. The Labute approximate surface area is 327 Å². The molecule has 9 atom stereocenters. The molecule has 0 bridgehead atoms. The standard InChI is InChI=1S/C41H53N7O8/c1-24-19-32-38(52)46-18-12-11-17-31(46)36(50)42-26(3)37(51)48-23-25(2)20-33(48)40(54)56-27(4)34(39(53)47(32)22-24)45-35(49)30(21-28-13-7-5-8-14-28)44-41(55)43-29-15-9-6-10-16-29/h5-10,13-16,24-27,30-34H,11-12,17-23H2,1-4H3,(H,42,50)(H,45,49)(H2,43,44,55). The van der Waals surface area contributed by atoms with Gasteiger partial charge in [-0.1, -0.05) is 62.4 Å². The molecule has 15 nitrogen and oxygen atoms in total. The molecular weight excluding hydrogens is 718 g/mol. The van der Waals surface area contributed by atoms with E-state index < -0.39 is 83.9 Å². The molecule has 300 valence electrons. The molecule has 56 heavy (non-hydrogen) atoms. The molecule has 7 amide bonds. The SMILES string of the molecule is CC1CC2C(=O)OC(C)C(NC(=O)C(Cc3ccccc3)NC(=O)Nc3ccccc3)C(=O)N3CC(C)CC3C(=O)N3CCCCC3C(=O)NC(C)C(=O)N2C1. The summed E-state index contributed by atoms with van der Waals surface area (Å²) in [7, 11) is 0. The summed E-state index contributed by atoms with van der Waals surface area (Å²) in [4.78, 5) is 103. The van der Waals surface area contributed by atoms with E-state index in [4.69, 9.17) is 4.74 Å². The second kappa shape index (κ2) is 17.5. The number of carbonyl (C=O) groups is 7. The van der Waals surface area contributed by atoms with Gasteiger partial charge in [0.05, 0.1) is 0 Å². The number of esters is 1. The van der Waals surface area contributed by atoms with E-state index in [1.165, 1.54) is 21.6 Å². The first kappa shape index (κ1) is 40.2. The number of hydrogen-bond acceptors (Lipinski definition) is 8. The maximum atomic E-state index is 14.8. The van der Waals surface area contributed by atoms with Crippen molar-refractivity contribution in [1.82, 2.24) is 30.7 Å². The molecule has 0 spiro atoms. The number of amides is 7. The van der Waals surface area contributed by atoms with E-state index >= 15 is 0 Å². The Morgan fingerprint density at radius 3 is 2.07 bits per heavy atom. The Hall–Kier alpha value is -5.47. The number of benzene rings is 2. The zero-order valence-electron chi connectivity index (χ0n) is 32.4.